The van der Waals surface area contributed by atoms with Gasteiger partial charge in [0.15, 0.2) is 5.69 Å². The van der Waals surface area contributed by atoms with Crippen molar-refractivity contribution in [1.82, 2.24) is 9.58 Å². The average Bonchev–Trinajstić information content (AvgIpc) is 2.63. The van der Waals surface area contributed by atoms with E-state index in [1.54, 1.807) is 0 Å². The van der Waals surface area contributed by atoms with Gasteiger partial charge >= 0.3 is 6.16 Å². The fourth-order valence-electron chi connectivity index (χ4n) is 3.04. The van der Waals surface area contributed by atoms with Gasteiger partial charge in [0.05, 0.1) is 7.11 Å². The molecule has 1 aromatic heterocycles. The Morgan fingerprint density at radius 2 is 2.19 bits per heavy atom. The minimum Gasteiger partial charge on any atom is -0.451 e. The van der Waals surface area contributed by atoms with Crippen molar-refractivity contribution < 1.29 is 32.6 Å². The van der Waals surface area contributed by atoms with Gasteiger partial charge < -0.3 is 24.5 Å². The molecule has 1 unspecified atom stereocenters. The van der Waals surface area contributed by atoms with Crippen molar-refractivity contribution in [3.8, 4) is 5.75 Å². The third-order valence-corrected chi connectivity index (χ3v) is 4.35. The van der Waals surface area contributed by atoms with Gasteiger partial charge in [0.25, 0.3) is 5.91 Å². The number of nitrogens with zero attached hydrogens (tertiary/aromatic N) is 2. The zero-order valence-corrected chi connectivity index (χ0v) is 13.8. The first-order valence-electron chi connectivity index (χ1n) is 7.87. The van der Waals surface area contributed by atoms with E-state index >= 15 is 0 Å². The molecule has 0 saturated carbocycles. The predicted octanol–water partition coefficient (Wildman–Crippen LogP) is 0.968. The molecule has 11 heteroatoms. The van der Waals surface area contributed by atoms with E-state index in [2.05, 4.69) is 14.9 Å². The summed E-state index contributed by atoms with van der Waals surface area (Å²) < 4.78 is 41.2. The van der Waals surface area contributed by atoms with E-state index in [4.69, 9.17) is 4.74 Å². The fourth-order valence-corrected chi connectivity index (χ4v) is 3.04. The fraction of sp³-hybridized carbons (Fsp3) is 0.533. The number of pyridine rings is 1. The minimum absolute atomic E-state index is 0.0855. The Morgan fingerprint density at radius 1 is 1.42 bits per heavy atom. The van der Waals surface area contributed by atoms with Crippen LogP contribution < -0.4 is 15.6 Å². The summed E-state index contributed by atoms with van der Waals surface area (Å²) in [6.07, 6.45) is -2.49. The van der Waals surface area contributed by atoms with Crippen LogP contribution in [-0.4, -0.2) is 54.7 Å². The van der Waals surface area contributed by atoms with Gasteiger partial charge in [0.2, 0.25) is 24.4 Å². The average molecular weight is 373 g/mol. The molecule has 3 heterocycles. The molecule has 2 aliphatic heterocycles. The number of carbonyl (C=O) groups is 2. The summed E-state index contributed by atoms with van der Waals surface area (Å²) in [4.78, 5) is 37.2. The normalized spacial score (nSPS) is 21.5. The van der Waals surface area contributed by atoms with Crippen molar-refractivity contribution in [2.75, 3.05) is 25.9 Å². The van der Waals surface area contributed by atoms with Gasteiger partial charge in [0, 0.05) is 24.7 Å². The van der Waals surface area contributed by atoms with Crippen LogP contribution in [0.3, 0.4) is 0 Å². The third-order valence-electron chi connectivity index (χ3n) is 4.35. The van der Waals surface area contributed by atoms with E-state index in [0.29, 0.717) is 0 Å². The summed E-state index contributed by atoms with van der Waals surface area (Å²) in [5, 5.41) is 0. The topological polar surface area (TPSA) is 99.1 Å². The molecule has 0 aliphatic carbocycles. The van der Waals surface area contributed by atoms with E-state index in [1.165, 1.54) is 15.8 Å². The SMILES string of the molecule is COC(=O)OCOc1c2n(ccc1=O)N[C@@H]1CC(C(F)F)CCN1C2=O. The third kappa shape index (κ3) is 3.28. The molecule has 2 aliphatic rings. The van der Waals surface area contributed by atoms with Crippen LogP contribution in [0.15, 0.2) is 17.1 Å². The summed E-state index contributed by atoms with van der Waals surface area (Å²) in [6.45, 7) is -0.490. The van der Waals surface area contributed by atoms with Crippen molar-refractivity contribution >= 4 is 12.1 Å². The first-order chi connectivity index (χ1) is 12.4. The summed E-state index contributed by atoms with van der Waals surface area (Å²) in [6, 6.07) is 1.15. The molecule has 1 fully saturated rings. The van der Waals surface area contributed by atoms with E-state index in [1.807, 2.05) is 0 Å². The van der Waals surface area contributed by atoms with Gasteiger partial charge in [-0.2, -0.15) is 0 Å². The maximum Gasteiger partial charge on any atom is 0.510 e. The number of nitrogens with one attached hydrogen (secondary N) is 1. The Hall–Kier alpha value is -2.85. The molecule has 9 nitrogen and oxygen atoms in total. The van der Waals surface area contributed by atoms with Crippen LogP contribution in [-0.2, 0) is 9.47 Å². The molecule has 1 saturated heterocycles. The molecule has 26 heavy (non-hydrogen) atoms. The lowest BCUT2D eigenvalue weighted by molar-refractivity contribution is 0.00608. The maximum absolute atomic E-state index is 13.0. The highest BCUT2D eigenvalue weighted by atomic mass is 19.3. The molecular weight excluding hydrogens is 356 g/mol. The Balaban J connectivity index is 1.84. The molecule has 2 atom stereocenters. The van der Waals surface area contributed by atoms with Crippen molar-refractivity contribution in [1.29, 1.82) is 0 Å². The molecule has 1 aromatic rings. The van der Waals surface area contributed by atoms with E-state index in [-0.39, 0.29) is 30.8 Å². The molecule has 142 valence electrons. The van der Waals surface area contributed by atoms with Gasteiger partial charge in [-0.1, -0.05) is 0 Å². The van der Waals surface area contributed by atoms with Crippen molar-refractivity contribution in [3.05, 3.63) is 28.2 Å². The summed E-state index contributed by atoms with van der Waals surface area (Å²) >= 11 is 0. The van der Waals surface area contributed by atoms with Gasteiger partial charge in [-0.05, 0) is 12.8 Å². The number of fused-ring (bicyclic) bond motifs is 2. The molecular formula is C15H17F2N3O6. The van der Waals surface area contributed by atoms with Crippen molar-refractivity contribution in [2.45, 2.75) is 25.4 Å². The molecule has 3 rings (SSSR count). The number of amides is 1. The zero-order chi connectivity index (χ0) is 18.8. The van der Waals surface area contributed by atoms with Crippen LogP contribution in [0, 0.1) is 5.92 Å². The van der Waals surface area contributed by atoms with Crippen molar-refractivity contribution in [3.63, 3.8) is 0 Å². The predicted molar refractivity (Wildman–Crippen MR) is 82.6 cm³/mol. The number of carbonyl (C=O) groups excluding carboxylic acids is 2. The van der Waals surface area contributed by atoms with Crippen LogP contribution in [0.1, 0.15) is 23.3 Å². The number of piperidine rings is 1. The highest BCUT2D eigenvalue weighted by molar-refractivity contribution is 5.96. The standard InChI is InChI=1S/C15H17F2N3O6/c1-24-15(23)26-7-25-12-9(21)3-5-20-11(12)14(22)19-4-2-8(13(16)17)6-10(19)18-20/h3,5,8,10,13,18H,2,4,6-7H2,1H3/t8?,10-/m0/s1. The number of alkyl halides is 2. The van der Waals surface area contributed by atoms with Crippen LogP contribution in [0.25, 0.3) is 0 Å². The van der Waals surface area contributed by atoms with E-state index in [0.717, 1.165) is 13.2 Å². The molecule has 1 N–H and O–H groups in total. The Morgan fingerprint density at radius 3 is 2.88 bits per heavy atom. The summed E-state index contributed by atoms with van der Waals surface area (Å²) in [5.74, 6) is -1.63. The van der Waals surface area contributed by atoms with Crippen LogP contribution in [0.4, 0.5) is 13.6 Å². The minimum atomic E-state index is -2.46. The van der Waals surface area contributed by atoms with Crippen LogP contribution in [0.2, 0.25) is 0 Å². The van der Waals surface area contributed by atoms with Gasteiger partial charge in [-0.15, -0.1) is 0 Å². The number of hydrogen-bond donors (Lipinski definition) is 1. The van der Waals surface area contributed by atoms with Gasteiger partial charge in [-0.3, -0.25) is 14.3 Å². The van der Waals surface area contributed by atoms with Crippen LogP contribution >= 0.6 is 0 Å². The monoisotopic (exact) mass is 373 g/mol. The Labute approximate surface area is 146 Å². The summed E-state index contributed by atoms with van der Waals surface area (Å²) in [7, 11) is 1.11. The molecule has 0 radical (unpaired) electrons. The van der Waals surface area contributed by atoms with Gasteiger partial charge in [-0.25, -0.2) is 13.6 Å². The first-order valence-corrected chi connectivity index (χ1v) is 7.87. The second kappa shape index (κ2) is 7.18. The molecule has 0 bridgehead atoms. The quantitative estimate of drug-likeness (QED) is 0.620. The number of aromatic nitrogens is 1. The van der Waals surface area contributed by atoms with Crippen molar-refractivity contribution in [2.24, 2.45) is 5.92 Å². The smallest absolute Gasteiger partial charge is 0.451 e. The molecule has 0 spiro atoms. The lowest BCUT2D eigenvalue weighted by atomic mass is 9.94. The Kier molecular flexibility index (Phi) is 4.96. The second-order valence-electron chi connectivity index (χ2n) is 5.85. The number of methoxy groups -OCH3 is 1. The first kappa shape index (κ1) is 18.0. The van der Waals surface area contributed by atoms with E-state index < -0.39 is 42.8 Å². The zero-order valence-electron chi connectivity index (χ0n) is 13.8. The maximum atomic E-state index is 13.0. The molecule has 0 aromatic carbocycles. The largest absolute Gasteiger partial charge is 0.510 e. The number of rotatable bonds is 4. The summed E-state index contributed by atoms with van der Waals surface area (Å²) in [5.41, 5.74) is 2.26. The number of hydrogen-bond acceptors (Lipinski definition) is 7. The number of ether oxygens (including phenoxy) is 3. The Bertz CT molecular complexity index is 768. The van der Waals surface area contributed by atoms with Crippen LogP contribution in [0.5, 0.6) is 5.75 Å². The van der Waals surface area contributed by atoms with E-state index in [9.17, 15) is 23.2 Å². The lowest BCUT2D eigenvalue weighted by Gasteiger charge is -2.44. The highest BCUT2D eigenvalue weighted by Crippen LogP contribution is 2.31. The molecule has 1 amide bonds. The number of halogens is 2. The highest BCUT2D eigenvalue weighted by Gasteiger charge is 2.41. The lowest BCUT2D eigenvalue weighted by Crippen LogP contribution is -2.58. The second-order valence-corrected chi connectivity index (χ2v) is 5.85. The van der Waals surface area contributed by atoms with Gasteiger partial charge in [0.1, 0.15) is 6.17 Å².